The smallest absolute Gasteiger partial charge is 0.251 e. The Morgan fingerprint density at radius 3 is 2.48 bits per heavy atom. The second-order valence-corrected chi connectivity index (χ2v) is 5.61. The van der Waals surface area contributed by atoms with Gasteiger partial charge in [-0.1, -0.05) is 24.3 Å². The fourth-order valence-electron chi connectivity index (χ4n) is 2.42. The molecule has 0 fully saturated rings. The molecule has 0 heterocycles. The summed E-state index contributed by atoms with van der Waals surface area (Å²) in [6.45, 7) is 2.30. The highest BCUT2D eigenvalue weighted by molar-refractivity contribution is 5.94. The minimum atomic E-state index is -0.483. The number of amides is 2. The van der Waals surface area contributed by atoms with Crippen molar-refractivity contribution in [3.63, 3.8) is 0 Å². The highest BCUT2D eigenvalue weighted by Gasteiger charge is 2.11. The van der Waals surface area contributed by atoms with E-state index in [4.69, 9.17) is 0 Å². The van der Waals surface area contributed by atoms with Crippen molar-refractivity contribution in [1.82, 2.24) is 10.2 Å². The van der Waals surface area contributed by atoms with Gasteiger partial charge in [-0.2, -0.15) is 0 Å². The zero-order chi connectivity index (χ0) is 18.2. The summed E-state index contributed by atoms with van der Waals surface area (Å²) in [4.78, 5) is 25.2. The molecule has 25 heavy (non-hydrogen) atoms. The third-order valence-electron chi connectivity index (χ3n) is 3.81. The van der Waals surface area contributed by atoms with Crippen molar-refractivity contribution in [2.75, 3.05) is 19.6 Å². The summed E-state index contributed by atoms with van der Waals surface area (Å²) in [5.41, 5.74) is 0.762. The lowest BCUT2D eigenvalue weighted by Crippen LogP contribution is -2.38. The molecule has 0 bridgehead atoms. The molecule has 2 aromatic rings. The molecule has 0 saturated carbocycles. The first-order chi connectivity index (χ1) is 12.0. The average Bonchev–Trinajstić information content (AvgIpc) is 2.58. The number of rotatable bonds is 7. The maximum atomic E-state index is 13.6. The fourth-order valence-corrected chi connectivity index (χ4v) is 2.42. The largest absolute Gasteiger partial charge is 0.350 e. The van der Waals surface area contributed by atoms with Gasteiger partial charge in [-0.3, -0.25) is 9.59 Å². The molecule has 0 aliphatic rings. The predicted molar refractivity (Wildman–Crippen MR) is 91.1 cm³/mol. The van der Waals surface area contributed by atoms with E-state index in [1.807, 2.05) is 0 Å². The van der Waals surface area contributed by atoms with Gasteiger partial charge in [0.2, 0.25) is 5.91 Å². The second kappa shape index (κ2) is 8.92. The van der Waals surface area contributed by atoms with Crippen LogP contribution in [0.3, 0.4) is 0 Å². The van der Waals surface area contributed by atoms with Gasteiger partial charge in [0.1, 0.15) is 11.6 Å². The molecule has 0 unspecified atom stereocenters. The molecule has 2 rings (SSSR count). The summed E-state index contributed by atoms with van der Waals surface area (Å²) in [6, 6.07) is 11.8. The molecule has 0 saturated heterocycles. The van der Waals surface area contributed by atoms with Gasteiger partial charge >= 0.3 is 0 Å². The fraction of sp³-hybridized carbons (Fsp3) is 0.263. The summed E-state index contributed by atoms with van der Waals surface area (Å²) in [5.74, 6) is -1.35. The van der Waals surface area contributed by atoms with Crippen LogP contribution < -0.4 is 5.32 Å². The van der Waals surface area contributed by atoms with Crippen molar-refractivity contribution in [2.45, 2.75) is 13.3 Å². The number of carbonyl (C=O) groups is 2. The molecule has 0 radical (unpaired) electrons. The van der Waals surface area contributed by atoms with E-state index in [1.54, 1.807) is 18.2 Å². The number of nitrogens with zero attached hydrogens (tertiary/aromatic N) is 1. The SMILES string of the molecule is CC(=O)N(CCNC(=O)c1cccc(F)c1)CCc1ccccc1F. The Morgan fingerprint density at radius 1 is 1.04 bits per heavy atom. The number of halogens is 2. The first-order valence-electron chi connectivity index (χ1n) is 8.00. The first-order valence-corrected chi connectivity index (χ1v) is 8.00. The Kier molecular flexibility index (Phi) is 6.62. The van der Waals surface area contributed by atoms with E-state index in [0.29, 0.717) is 25.1 Å². The topological polar surface area (TPSA) is 49.4 Å². The van der Waals surface area contributed by atoms with Crippen molar-refractivity contribution in [2.24, 2.45) is 0 Å². The van der Waals surface area contributed by atoms with E-state index in [-0.39, 0.29) is 23.8 Å². The predicted octanol–water partition coefficient (Wildman–Crippen LogP) is 2.79. The van der Waals surface area contributed by atoms with E-state index in [0.717, 1.165) is 6.07 Å². The van der Waals surface area contributed by atoms with Crippen molar-refractivity contribution in [1.29, 1.82) is 0 Å². The standard InChI is InChI=1S/C19H20F2N2O2/c1-14(24)23(11-9-15-5-2-3-8-18(15)21)12-10-22-19(25)16-6-4-7-17(20)13-16/h2-8,13H,9-12H2,1H3,(H,22,25). The van der Waals surface area contributed by atoms with Gasteiger partial charge in [-0.05, 0) is 36.2 Å². The molecule has 132 valence electrons. The Labute approximate surface area is 145 Å². The zero-order valence-electron chi connectivity index (χ0n) is 14.0. The van der Waals surface area contributed by atoms with Crippen LogP contribution in [0.2, 0.25) is 0 Å². The highest BCUT2D eigenvalue weighted by atomic mass is 19.1. The normalized spacial score (nSPS) is 10.4. The number of nitrogens with one attached hydrogen (secondary N) is 1. The van der Waals surface area contributed by atoms with Crippen LogP contribution in [0.15, 0.2) is 48.5 Å². The molecule has 2 aromatic carbocycles. The second-order valence-electron chi connectivity index (χ2n) is 5.61. The maximum Gasteiger partial charge on any atom is 0.251 e. The van der Waals surface area contributed by atoms with Crippen molar-refractivity contribution in [3.05, 3.63) is 71.3 Å². The van der Waals surface area contributed by atoms with Gasteiger partial charge < -0.3 is 10.2 Å². The van der Waals surface area contributed by atoms with Gasteiger partial charge in [-0.15, -0.1) is 0 Å². The summed E-state index contributed by atoms with van der Waals surface area (Å²) >= 11 is 0. The molecule has 0 spiro atoms. The summed E-state index contributed by atoms with van der Waals surface area (Å²) in [6.07, 6.45) is 0.393. The van der Waals surface area contributed by atoms with E-state index in [1.165, 1.54) is 36.1 Å². The average molecular weight is 346 g/mol. The van der Waals surface area contributed by atoms with Crippen LogP contribution in [0.4, 0.5) is 8.78 Å². The minimum absolute atomic E-state index is 0.156. The lowest BCUT2D eigenvalue weighted by molar-refractivity contribution is -0.128. The molecule has 2 amide bonds. The van der Waals surface area contributed by atoms with Crippen LogP contribution in [0.5, 0.6) is 0 Å². The van der Waals surface area contributed by atoms with Gasteiger partial charge in [0.05, 0.1) is 0 Å². The van der Waals surface area contributed by atoms with Gasteiger partial charge in [0, 0.05) is 32.1 Å². The number of hydrogen-bond acceptors (Lipinski definition) is 2. The molecule has 1 N–H and O–H groups in total. The Hall–Kier alpha value is -2.76. The summed E-state index contributed by atoms with van der Waals surface area (Å²) in [7, 11) is 0. The quantitative estimate of drug-likeness (QED) is 0.838. The van der Waals surface area contributed by atoms with Crippen LogP contribution in [0, 0.1) is 11.6 Å². The third kappa shape index (κ3) is 5.67. The Bertz CT molecular complexity index is 750. The molecule has 0 aliphatic heterocycles. The van der Waals surface area contributed by atoms with E-state index in [9.17, 15) is 18.4 Å². The van der Waals surface area contributed by atoms with Crippen molar-refractivity contribution >= 4 is 11.8 Å². The van der Waals surface area contributed by atoms with Crippen molar-refractivity contribution in [3.8, 4) is 0 Å². The molecule has 0 atom stereocenters. The molecular weight excluding hydrogens is 326 g/mol. The van der Waals surface area contributed by atoms with E-state index >= 15 is 0 Å². The first kappa shape index (κ1) is 18.6. The Balaban J connectivity index is 1.84. The van der Waals surface area contributed by atoms with E-state index in [2.05, 4.69) is 5.32 Å². The number of carbonyl (C=O) groups excluding carboxylic acids is 2. The van der Waals surface area contributed by atoms with Crippen LogP contribution >= 0.6 is 0 Å². The molecule has 0 aliphatic carbocycles. The molecule has 0 aromatic heterocycles. The molecule has 4 nitrogen and oxygen atoms in total. The van der Waals surface area contributed by atoms with Gasteiger partial charge in [0.15, 0.2) is 0 Å². The summed E-state index contributed by atoms with van der Waals surface area (Å²) in [5, 5.41) is 2.65. The van der Waals surface area contributed by atoms with Crippen molar-refractivity contribution < 1.29 is 18.4 Å². The van der Waals surface area contributed by atoms with Crippen LogP contribution in [0.1, 0.15) is 22.8 Å². The van der Waals surface area contributed by atoms with Gasteiger partial charge in [0.25, 0.3) is 5.91 Å². The van der Waals surface area contributed by atoms with Gasteiger partial charge in [-0.25, -0.2) is 8.78 Å². The third-order valence-corrected chi connectivity index (χ3v) is 3.81. The van der Waals surface area contributed by atoms with Crippen LogP contribution in [-0.4, -0.2) is 36.3 Å². The number of benzene rings is 2. The minimum Gasteiger partial charge on any atom is -0.350 e. The summed E-state index contributed by atoms with van der Waals surface area (Å²) < 4.78 is 26.7. The Morgan fingerprint density at radius 2 is 1.80 bits per heavy atom. The van der Waals surface area contributed by atoms with Crippen LogP contribution in [0.25, 0.3) is 0 Å². The maximum absolute atomic E-state index is 13.6. The zero-order valence-corrected chi connectivity index (χ0v) is 14.0. The van der Waals surface area contributed by atoms with E-state index < -0.39 is 11.7 Å². The monoisotopic (exact) mass is 346 g/mol. The highest BCUT2D eigenvalue weighted by Crippen LogP contribution is 2.08. The number of hydrogen-bond donors (Lipinski definition) is 1. The lowest BCUT2D eigenvalue weighted by Gasteiger charge is -2.21. The lowest BCUT2D eigenvalue weighted by atomic mass is 10.1. The van der Waals surface area contributed by atoms with Crippen LogP contribution in [-0.2, 0) is 11.2 Å². The molecular formula is C19H20F2N2O2. The molecule has 6 heteroatoms.